The summed E-state index contributed by atoms with van der Waals surface area (Å²) in [5.74, 6) is -0.177. The number of fused-ring (bicyclic) bond motifs is 1. The van der Waals surface area contributed by atoms with Crippen LogP contribution in [0.4, 0.5) is 24.9 Å². The molecule has 1 fully saturated rings. The van der Waals surface area contributed by atoms with E-state index in [0.717, 1.165) is 39.1 Å². The molecule has 0 spiro atoms. The average molecular weight is 514 g/mol. The molecule has 3 aromatic rings. The van der Waals surface area contributed by atoms with Gasteiger partial charge >= 0.3 is 6.18 Å². The van der Waals surface area contributed by atoms with Crippen LogP contribution in [0.5, 0.6) is 0 Å². The van der Waals surface area contributed by atoms with Crippen LogP contribution in [0.2, 0.25) is 10.0 Å². The standard InChI is InChI=1S/C22H24Cl2F3N7/c1-33-8-10-34(11-9-33)7-3-6-29-21-30-18(22(25,26)27)14-12-13(19(28)31-20(14)32-21)17-15(23)4-2-5-16(17)24/h2,4-5,12H,3,6-11H2,1H3,(H3,28,29,30,31,32). The van der Waals surface area contributed by atoms with E-state index in [4.69, 9.17) is 28.9 Å². The fraction of sp³-hybridized carbons (Fsp3) is 0.409. The number of anilines is 2. The minimum atomic E-state index is -4.73. The summed E-state index contributed by atoms with van der Waals surface area (Å²) in [6, 6.07) is 6.01. The van der Waals surface area contributed by atoms with Crippen LogP contribution in [0.25, 0.3) is 22.2 Å². The van der Waals surface area contributed by atoms with Crippen LogP contribution in [0.15, 0.2) is 24.3 Å². The van der Waals surface area contributed by atoms with Gasteiger partial charge in [-0.25, -0.2) is 9.97 Å². The monoisotopic (exact) mass is 513 g/mol. The highest BCUT2D eigenvalue weighted by molar-refractivity contribution is 6.39. The van der Waals surface area contributed by atoms with Crippen LogP contribution in [0.3, 0.4) is 0 Å². The lowest BCUT2D eigenvalue weighted by molar-refractivity contribution is -0.139. The van der Waals surface area contributed by atoms with Gasteiger partial charge in [-0.15, -0.1) is 0 Å². The average Bonchev–Trinajstić information content (AvgIpc) is 2.77. The topological polar surface area (TPSA) is 83.2 Å². The molecule has 34 heavy (non-hydrogen) atoms. The van der Waals surface area contributed by atoms with E-state index < -0.39 is 11.9 Å². The van der Waals surface area contributed by atoms with Gasteiger partial charge in [0.15, 0.2) is 11.3 Å². The van der Waals surface area contributed by atoms with E-state index in [9.17, 15) is 13.2 Å². The van der Waals surface area contributed by atoms with Gasteiger partial charge in [0.1, 0.15) is 5.82 Å². The van der Waals surface area contributed by atoms with E-state index in [-0.39, 0.29) is 38.4 Å². The Morgan fingerprint density at radius 1 is 1.06 bits per heavy atom. The number of likely N-dealkylation sites (N-methyl/N-ethyl adjacent to an activating group) is 1. The van der Waals surface area contributed by atoms with Crippen molar-refractivity contribution in [1.29, 1.82) is 0 Å². The largest absolute Gasteiger partial charge is 0.434 e. The van der Waals surface area contributed by atoms with Crippen molar-refractivity contribution in [2.75, 3.05) is 57.4 Å². The first-order chi connectivity index (χ1) is 16.1. The number of aromatic nitrogens is 3. The summed E-state index contributed by atoms with van der Waals surface area (Å²) in [5, 5.41) is 3.11. The zero-order chi connectivity index (χ0) is 24.5. The molecule has 0 bridgehead atoms. The number of benzene rings is 1. The second kappa shape index (κ2) is 10.1. The Hall–Kier alpha value is -2.40. The number of nitrogens with zero attached hydrogens (tertiary/aromatic N) is 5. The predicted octanol–water partition coefficient (Wildman–Crippen LogP) is 4.65. The van der Waals surface area contributed by atoms with Crippen molar-refractivity contribution in [3.63, 3.8) is 0 Å². The molecular formula is C22H24Cl2F3N7. The number of nitrogen functional groups attached to an aromatic ring is 1. The minimum Gasteiger partial charge on any atom is -0.383 e. The van der Waals surface area contributed by atoms with Gasteiger partial charge in [-0.3, -0.25) is 0 Å². The third kappa shape index (κ3) is 5.46. The Labute approximate surface area is 205 Å². The predicted molar refractivity (Wildman–Crippen MR) is 129 cm³/mol. The summed E-state index contributed by atoms with van der Waals surface area (Å²) < 4.78 is 41.7. The molecular weight excluding hydrogens is 490 g/mol. The van der Waals surface area contributed by atoms with Gasteiger partial charge in [-0.1, -0.05) is 29.3 Å². The maximum atomic E-state index is 13.9. The first-order valence-electron chi connectivity index (χ1n) is 10.8. The molecule has 1 aromatic carbocycles. The Morgan fingerprint density at radius 2 is 1.74 bits per heavy atom. The fourth-order valence-corrected chi connectivity index (χ4v) is 4.49. The van der Waals surface area contributed by atoms with E-state index in [1.165, 1.54) is 6.07 Å². The lowest BCUT2D eigenvalue weighted by atomic mass is 10.0. The Bertz CT molecular complexity index is 1160. The molecule has 0 atom stereocenters. The number of piperazine rings is 1. The molecule has 1 aliphatic heterocycles. The van der Waals surface area contributed by atoms with Crippen molar-refractivity contribution in [1.82, 2.24) is 24.8 Å². The number of hydrogen-bond acceptors (Lipinski definition) is 7. The molecule has 3 N–H and O–H groups in total. The molecule has 0 radical (unpaired) electrons. The van der Waals surface area contributed by atoms with Crippen molar-refractivity contribution < 1.29 is 13.2 Å². The summed E-state index contributed by atoms with van der Waals surface area (Å²) in [5.41, 5.74) is 5.31. The van der Waals surface area contributed by atoms with E-state index in [2.05, 4.69) is 37.1 Å². The molecule has 7 nitrogen and oxygen atoms in total. The molecule has 1 saturated heterocycles. The van der Waals surface area contributed by atoms with Crippen LogP contribution < -0.4 is 11.1 Å². The van der Waals surface area contributed by atoms with Crippen LogP contribution in [0.1, 0.15) is 12.1 Å². The van der Waals surface area contributed by atoms with E-state index in [0.29, 0.717) is 12.1 Å². The van der Waals surface area contributed by atoms with Crippen LogP contribution in [0, 0.1) is 0 Å². The second-order valence-electron chi connectivity index (χ2n) is 8.21. The van der Waals surface area contributed by atoms with Gasteiger partial charge in [0, 0.05) is 43.9 Å². The summed E-state index contributed by atoms with van der Waals surface area (Å²) in [6.07, 6.45) is -3.98. The van der Waals surface area contributed by atoms with E-state index >= 15 is 0 Å². The molecule has 1 aliphatic rings. The summed E-state index contributed by atoms with van der Waals surface area (Å²) >= 11 is 12.5. The van der Waals surface area contributed by atoms with Gasteiger partial charge < -0.3 is 20.9 Å². The molecule has 0 saturated carbocycles. The Balaban J connectivity index is 1.60. The number of hydrogen-bond donors (Lipinski definition) is 2. The molecule has 2 aromatic heterocycles. The van der Waals surface area contributed by atoms with Gasteiger partial charge in [0.2, 0.25) is 5.95 Å². The van der Waals surface area contributed by atoms with Crippen molar-refractivity contribution in [3.8, 4) is 11.1 Å². The van der Waals surface area contributed by atoms with Crippen molar-refractivity contribution in [3.05, 3.63) is 40.0 Å². The SMILES string of the molecule is CN1CCN(CCCNc2nc(C(F)(F)F)c3cc(-c4c(Cl)cccc4Cl)c(N)nc3n2)CC1. The van der Waals surface area contributed by atoms with Gasteiger partial charge in [-0.05, 0) is 38.2 Å². The van der Waals surface area contributed by atoms with E-state index in [1.807, 2.05) is 0 Å². The maximum absolute atomic E-state index is 13.9. The van der Waals surface area contributed by atoms with Crippen molar-refractivity contribution in [2.45, 2.75) is 12.6 Å². The van der Waals surface area contributed by atoms with Crippen LogP contribution in [-0.2, 0) is 6.18 Å². The molecule has 0 amide bonds. The normalized spacial score (nSPS) is 15.7. The zero-order valence-corrected chi connectivity index (χ0v) is 20.0. The number of nitrogens with two attached hydrogens (primary N) is 1. The number of pyridine rings is 1. The molecule has 182 valence electrons. The molecule has 12 heteroatoms. The third-order valence-electron chi connectivity index (χ3n) is 5.75. The summed E-state index contributed by atoms with van der Waals surface area (Å²) in [7, 11) is 2.08. The number of rotatable bonds is 6. The maximum Gasteiger partial charge on any atom is 0.434 e. The summed E-state index contributed by atoms with van der Waals surface area (Å²) in [6.45, 7) is 5.23. The highest BCUT2D eigenvalue weighted by Crippen LogP contribution is 2.40. The Kier molecular flexibility index (Phi) is 7.32. The van der Waals surface area contributed by atoms with Crippen molar-refractivity contribution >= 4 is 46.0 Å². The smallest absolute Gasteiger partial charge is 0.383 e. The lowest BCUT2D eigenvalue weighted by Gasteiger charge is -2.32. The molecule has 0 unspecified atom stereocenters. The molecule has 4 rings (SSSR count). The first kappa shape index (κ1) is 24.7. The number of halogens is 5. The van der Waals surface area contributed by atoms with Gasteiger partial charge in [0.05, 0.1) is 15.4 Å². The minimum absolute atomic E-state index is 0.0321. The van der Waals surface area contributed by atoms with Crippen molar-refractivity contribution in [2.24, 2.45) is 0 Å². The fourth-order valence-electron chi connectivity index (χ4n) is 3.89. The van der Waals surface area contributed by atoms with Crippen LogP contribution in [-0.4, -0.2) is 71.1 Å². The first-order valence-corrected chi connectivity index (χ1v) is 11.5. The Morgan fingerprint density at radius 3 is 2.38 bits per heavy atom. The van der Waals surface area contributed by atoms with E-state index in [1.54, 1.807) is 18.2 Å². The number of alkyl halides is 3. The molecule has 3 heterocycles. The summed E-state index contributed by atoms with van der Waals surface area (Å²) in [4.78, 5) is 16.7. The zero-order valence-electron chi connectivity index (χ0n) is 18.5. The highest BCUT2D eigenvalue weighted by atomic mass is 35.5. The molecule has 0 aliphatic carbocycles. The lowest BCUT2D eigenvalue weighted by Crippen LogP contribution is -2.44. The third-order valence-corrected chi connectivity index (χ3v) is 6.38. The van der Waals surface area contributed by atoms with Gasteiger partial charge in [-0.2, -0.15) is 18.2 Å². The number of nitrogens with one attached hydrogen (secondary N) is 1. The quantitative estimate of drug-likeness (QED) is 0.464. The van der Waals surface area contributed by atoms with Crippen LogP contribution >= 0.6 is 23.2 Å². The van der Waals surface area contributed by atoms with Gasteiger partial charge in [0.25, 0.3) is 0 Å². The highest BCUT2D eigenvalue weighted by Gasteiger charge is 2.36. The second-order valence-corrected chi connectivity index (χ2v) is 9.02.